The summed E-state index contributed by atoms with van der Waals surface area (Å²) < 4.78 is 5.42. The highest BCUT2D eigenvalue weighted by molar-refractivity contribution is 5.79. The van der Waals surface area contributed by atoms with Gasteiger partial charge in [-0.2, -0.15) is 0 Å². The lowest BCUT2D eigenvalue weighted by Crippen LogP contribution is -2.51. The first-order chi connectivity index (χ1) is 9.77. The molecule has 1 atom stereocenters. The maximum absolute atomic E-state index is 12.1. The van der Waals surface area contributed by atoms with Crippen molar-refractivity contribution < 1.29 is 14.6 Å². The third-order valence-electron chi connectivity index (χ3n) is 4.78. The Bertz CT molecular complexity index is 350. The Labute approximate surface area is 128 Å². The highest BCUT2D eigenvalue weighted by atomic mass is 16.5. The van der Waals surface area contributed by atoms with Crippen molar-refractivity contribution >= 4 is 5.91 Å². The molecule has 2 fully saturated rings. The number of carbonyl (C=O) groups excluding carboxylic acids is 1. The summed E-state index contributed by atoms with van der Waals surface area (Å²) in [4.78, 5) is 12.1. The van der Waals surface area contributed by atoms with Crippen molar-refractivity contribution in [3.05, 3.63) is 0 Å². The molecular formula is C17H31NO3. The summed E-state index contributed by atoms with van der Waals surface area (Å²) in [6.07, 6.45) is 5.27. The van der Waals surface area contributed by atoms with Crippen LogP contribution in [0.2, 0.25) is 0 Å². The standard InChI is InChI=1S/C17H31NO3/c1-16(2,3)6-7-17(20)9-14(10-17)15(19)18-11-13-5-4-8-21-12-13/h13-14,20H,4-12H2,1-3H3,(H,18,19). The maximum Gasteiger partial charge on any atom is 0.223 e. The minimum atomic E-state index is -0.608. The van der Waals surface area contributed by atoms with E-state index < -0.39 is 5.60 Å². The van der Waals surface area contributed by atoms with Crippen LogP contribution >= 0.6 is 0 Å². The number of hydrogen-bond donors (Lipinski definition) is 2. The van der Waals surface area contributed by atoms with Gasteiger partial charge in [0, 0.05) is 19.1 Å². The summed E-state index contributed by atoms with van der Waals surface area (Å²) >= 11 is 0. The van der Waals surface area contributed by atoms with Crippen LogP contribution in [0.25, 0.3) is 0 Å². The van der Waals surface area contributed by atoms with Crippen molar-refractivity contribution in [1.82, 2.24) is 5.32 Å². The van der Waals surface area contributed by atoms with Crippen molar-refractivity contribution in [1.29, 1.82) is 0 Å². The van der Waals surface area contributed by atoms with Crippen LogP contribution in [0.3, 0.4) is 0 Å². The summed E-state index contributed by atoms with van der Waals surface area (Å²) in [6, 6.07) is 0. The van der Waals surface area contributed by atoms with Gasteiger partial charge in [0.15, 0.2) is 0 Å². The Morgan fingerprint density at radius 2 is 2.10 bits per heavy atom. The fourth-order valence-corrected chi connectivity index (χ4v) is 3.21. The SMILES string of the molecule is CC(C)(C)CCC1(O)CC(C(=O)NCC2CCCOC2)C1. The summed E-state index contributed by atoms with van der Waals surface area (Å²) in [5.74, 6) is 0.572. The third kappa shape index (κ3) is 5.26. The molecule has 1 aliphatic heterocycles. The van der Waals surface area contributed by atoms with Gasteiger partial charge in [-0.25, -0.2) is 0 Å². The Balaban J connectivity index is 1.64. The molecule has 0 aromatic carbocycles. The van der Waals surface area contributed by atoms with E-state index >= 15 is 0 Å². The average molecular weight is 297 g/mol. The lowest BCUT2D eigenvalue weighted by atomic mass is 9.66. The second-order valence-electron chi connectivity index (χ2n) is 8.22. The van der Waals surface area contributed by atoms with E-state index in [2.05, 4.69) is 26.1 Å². The number of amides is 1. The highest BCUT2D eigenvalue weighted by Crippen LogP contribution is 2.43. The predicted molar refractivity (Wildman–Crippen MR) is 82.9 cm³/mol. The number of aliphatic hydroxyl groups is 1. The van der Waals surface area contributed by atoms with Crippen LogP contribution in [-0.4, -0.2) is 36.4 Å². The monoisotopic (exact) mass is 297 g/mol. The molecule has 1 aliphatic carbocycles. The zero-order chi connectivity index (χ0) is 15.5. The zero-order valence-corrected chi connectivity index (χ0v) is 13.8. The van der Waals surface area contributed by atoms with Gasteiger partial charge >= 0.3 is 0 Å². The number of nitrogens with one attached hydrogen (secondary N) is 1. The molecule has 1 saturated carbocycles. The van der Waals surface area contributed by atoms with Crippen molar-refractivity contribution in [2.24, 2.45) is 17.3 Å². The molecule has 4 heteroatoms. The predicted octanol–water partition coefficient (Wildman–Crippen LogP) is 2.50. The Hall–Kier alpha value is -0.610. The molecule has 0 radical (unpaired) electrons. The van der Waals surface area contributed by atoms with Crippen LogP contribution in [0.15, 0.2) is 0 Å². The molecule has 2 aliphatic rings. The molecule has 0 bridgehead atoms. The Morgan fingerprint density at radius 3 is 2.67 bits per heavy atom. The second-order valence-corrected chi connectivity index (χ2v) is 8.22. The number of hydrogen-bond acceptors (Lipinski definition) is 3. The normalized spacial score (nSPS) is 33.3. The summed E-state index contributed by atoms with van der Waals surface area (Å²) in [6.45, 7) is 8.90. The number of rotatable bonds is 5. The Morgan fingerprint density at radius 1 is 1.38 bits per heavy atom. The molecule has 21 heavy (non-hydrogen) atoms. The van der Waals surface area contributed by atoms with Crippen LogP contribution < -0.4 is 5.32 Å². The van der Waals surface area contributed by atoms with Crippen LogP contribution in [-0.2, 0) is 9.53 Å². The maximum atomic E-state index is 12.1. The van der Waals surface area contributed by atoms with Gasteiger partial charge in [0.25, 0.3) is 0 Å². The second kappa shape index (κ2) is 6.66. The van der Waals surface area contributed by atoms with E-state index in [1.807, 2.05) is 0 Å². The lowest BCUT2D eigenvalue weighted by molar-refractivity contribution is -0.143. The van der Waals surface area contributed by atoms with Crippen molar-refractivity contribution in [2.75, 3.05) is 19.8 Å². The van der Waals surface area contributed by atoms with E-state index in [1.54, 1.807) is 0 Å². The minimum Gasteiger partial charge on any atom is -0.390 e. The molecule has 1 heterocycles. The summed E-state index contributed by atoms with van der Waals surface area (Å²) in [5, 5.41) is 13.4. The Kier molecular flexibility index (Phi) is 5.31. The van der Waals surface area contributed by atoms with E-state index in [1.165, 1.54) is 0 Å². The molecule has 0 aromatic heterocycles. The van der Waals surface area contributed by atoms with Gasteiger partial charge in [0.05, 0.1) is 12.2 Å². The van der Waals surface area contributed by atoms with Crippen LogP contribution in [0.1, 0.15) is 59.3 Å². The molecule has 1 unspecified atom stereocenters. The van der Waals surface area contributed by atoms with E-state index in [0.29, 0.717) is 18.8 Å². The van der Waals surface area contributed by atoms with Crippen molar-refractivity contribution in [3.8, 4) is 0 Å². The first-order valence-electron chi connectivity index (χ1n) is 8.35. The topological polar surface area (TPSA) is 58.6 Å². The van der Waals surface area contributed by atoms with Gasteiger partial charge in [-0.05, 0) is 49.9 Å². The summed E-state index contributed by atoms with van der Waals surface area (Å²) in [7, 11) is 0. The van der Waals surface area contributed by atoms with Gasteiger partial charge in [-0.3, -0.25) is 4.79 Å². The van der Waals surface area contributed by atoms with Crippen LogP contribution in [0.5, 0.6) is 0 Å². The number of ether oxygens (including phenoxy) is 1. The lowest BCUT2D eigenvalue weighted by Gasteiger charge is -2.44. The zero-order valence-electron chi connectivity index (χ0n) is 13.8. The minimum absolute atomic E-state index is 0.000484. The van der Waals surface area contributed by atoms with Crippen molar-refractivity contribution in [2.45, 2.75) is 64.9 Å². The quantitative estimate of drug-likeness (QED) is 0.819. The van der Waals surface area contributed by atoms with E-state index in [0.717, 1.165) is 45.4 Å². The fraction of sp³-hybridized carbons (Fsp3) is 0.941. The fourth-order valence-electron chi connectivity index (χ4n) is 3.21. The third-order valence-corrected chi connectivity index (χ3v) is 4.78. The average Bonchev–Trinajstić information content (AvgIpc) is 2.40. The van der Waals surface area contributed by atoms with Crippen LogP contribution in [0.4, 0.5) is 0 Å². The van der Waals surface area contributed by atoms with Gasteiger partial charge < -0.3 is 15.2 Å². The smallest absolute Gasteiger partial charge is 0.223 e. The molecule has 2 N–H and O–H groups in total. The molecule has 1 amide bonds. The van der Waals surface area contributed by atoms with Crippen molar-refractivity contribution in [3.63, 3.8) is 0 Å². The molecule has 1 saturated heterocycles. The van der Waals surface area contributed by atoms with Gasteiger partial charge in [-0.1, -0.05) is 20.8 Å². The molecule has 122 valence electrons. The van der Waals surface area contributed by atoms with Gasteiger partial charge in [0.1, 0.15) is 0 Å². The first-order valence-corrected chi connectivity index (χ1v) is 8.35. The van der Waals surface area contributed by atoms with E-state index in [4.69, 9.17) is 4.74 Å². The molecule has 4 nitrogen and oxygen atoms in total. The van der Waals surface area contributed by atoms with Crippen LogP contribution in [0, 0.1) is 17.3 Å². The first kappa shape index (κ1) is 16.8. The summed E-state index contributed by atoms with van der Waals surface area (Å²) in [5.41, 5.74) is -0.368. The van der Waals surface area contributed by atoms with E-state index in [-0.39, 0.29) is 17.2 Å². The molecule has 0 aromatic rings. The van der Waals surface area contributed by atoms with Gasteiger partial charge in [0.2, 0.25) is 5.91 Å². The highest BCUT2D eigenvalue weighted by Gasteiger charge is 2.46. The molecule has 2 rings (SSSR count). The van der Waals surface area contributed by atoms with Gasteiger partial charge in [-0.15, -0.1) is 0 Å². The largest absolute Gasteiger partial charge is 0.390 e. The van der Waals surface area contributed by atoms with E-state index in [9.17, 15) is 9.90 Å². The molecule has 0 spiro atoms. The molecular weight excluding hydrogens is 266 g/mol. The number of carbonyl (C=O) groups is 1.